The quantitative estimate of drug-likeness (QED) is 0.762. The Morgan fingerprint density at radius 1 is 1.21 bits per heavy atom. The van der Waals surface area contributed by atoms with E-state index in [1.165, 1.54) is 0 Å². The topological polar surface area (TPSA) is 64.0 Å². The maximum Gasteiger partial charge on any atom is 0.232 e. The van der Waals surface area contributed by atoms with Gasteiger partial charge in [0.1, 0.15) is 0 Å². The smallest absolute Gasteiger partial charge is 0.232 e. The lowest BCUT2D eigenvalue weighted by molar-refractivity contribution is 0.597. The van der Waals surface area contributed by atoms with Crippen LogP contribution < -0.4 is 4.72 Å². The number of anilines is 1. The molecule has 1 aromatic heterocycles. The zero-order valence-corrected chi connectivity index (χ0v) is 16.3. The molecule has 2 aromatic rings. The molecule has 0 aliphatic carbocycles. The molecule has 5 nitrogen and oxygen atoms in total. The maximum absolute atomic E-state index is 12.1. The monoisotopic (exact) mass is 389 g/mol. The third kappa shape index (κ3) is 4.65. The number of nitrogens with one attached hydrogen (secondary N) is 1. The molecule has 0 saturated heterocycles. The average Bonchev–Trinajstić information content (AvgIpc) is 2.76. The lowest BCUT2D eigenvalue weighted by atomic mass is 10.2. The Balaban J connectivity index is 2.23. The highest BCUT2D eigenvalue weighted by Crippen LogP contribution is 2.25. The number of nitrogens with zero attached hydrogens (tertiary/aromatic N) is 2. The summed E-state index contributed by atoms with van der Waals surface area (Å²) in [5.41, 5.74) is 2.90. The molecule has 1 heterocycles. The third-order valence-electron chi connectivity index (χ3n) is 3.72. The van der Waals surface area contributed by atoms with E-state index in [4.69, 9.17) is 23.2 Å². The molecule has 2 rings (SSSR count). The van der Waals surface area contributed by atoms with Crippen molar-refractivity contribution in [1.82, 2.24) is 9.78 Å². The molecule has 0 spiro atoms. The van der Waals surface area contributed by atoms with Crippen LogP contribution in [0.4, 0.5) is 5.69 Å². The predicted octanol–water partition coefficient (Wildman–Crippen LogP) is 4.40. The normalized spacial score (nSPS) is 11.7. The van der Waals surface area contributed by atoms with Gasteiger partial charge in [-0.1, -0.05) is 42.6 Å². The first-order valence-corrected chi connectivity index (χ1v) is 10.1. The molecule has 8 heteroatoms. The summed E-state index contributed by atoms with van der Waals surface area (Å²) in [4.78, 5) is 0. The van der Waals surface area contributed by atoms with Crippen LogP contribution in [0.25, 0.3) is 0 Å². The minimum Gasteiger partial charge on any atom is -0.280 e. The summed E-state index contributed by atoms with van der Waals surface area (Å²) in [7, 11) is -3.36. The van der Waals surface area contributed by atoms with Gasteiger partial charge >= 0.3 is 0 Å². The maximum atomic E-state index is 12.1. The molecule has 0 aliphatic heterocycles. The van der Waals surface area contributed by atoms with Crippen molar-refractivity contribution in [2.24, 2.45) is 0 Å². The second kappa shape index (κ2) is 7.76. The number of rotatable bonds is 7. The van der Waals surface area contributed by atoms with Gasteiger partial charge in [-0.3, -0.25) is 9.40 Å². The molecule has 0 bridgehead atoms. The Kier molecular flexibility index (Phi) is 6.17. The zero-order valence-electron chi connectivity index (χ0n) is 13.9. The number of aryl methyl sites for hydroxylation is 1. The summed E-state index contributed by atoms with van der Waals surface area (Å²) in [6, 6.07) is 5.39. The number of sulfonamides is 1. The molecule has 0 radical (unpaired) electrons. The summed E-state index contributed by atoms with van der Waals surface area (Å²) in [5.74, 6) is 0.111. The minimum atomic E-state index is -3.36. The first-order valence-electron chi connectivity index (χ1n) is 7.72. The van der Waals surface area contributed by atoms with Crippen molar-refractivity contribution < 1.29 is 8.42 Å². The van der Waals surface area contributed by atoms with E-state index in [0.717, 1.165) is 17.7 Å². The minimum absolute atomic E-state index is 0.111. The van der Waals surface area contributed by atoms with Gasteiger partial charge in [0.2, 0.25) is 10.0 Å². The van der Waals surface area contributed by atoms with Crippen LogP contribution in [0, 0.1) is 13.8 Å². The molecule has 0 amide bonds. The van der Waals surface area contributed by atoms with E-state index >= 15 is 0 Å². The van der Waals surface area contributed by atoms with Crippen LogP contribution >= 0.6 is 23.2 Å². The second-order valence-corrected chi connectivity index (χ2v) is 8.38. The lowest BCUT2D eigenvalue weighted by Crippen LogP contribution is -2.17. The van der Waals surface area contributed by atoms with Gasteiger partial charge in [0.25, 0.3) is 0 Å². The fourth-order valence-electron chi connectivity index (χ4n) is 2.35. The summed E-state index contributed by atoms with van der Waals surface area (Å²) in [5, 5.41) is 5.42. The number of aromatic nitrogens is 2. The number of hydrogen-bond donors (Lipinski definition) is 1. The zero-order chi connectivity index (χ0) is 17.9. The number of unbranched alkanes of at least 4 members (excludes halogenated alkanes) is 1. The van der Waals surface area contributed by atoms with Gasteiger partial charge in [0.15, 0.2) is 0 Å². The van der Waals surface area contributed by atoms with E-state index in [-0.39, 0.29) is 5.75 Å². The van der Waals surface area contributed by atoms with Gasteiger partial charge < -0.3 is 0 Å². The van der Waals surface area contributed by atoms with Crippen molar-refractivity contribution >= 4 is 38.9 Å². The van der Waals surface area contributed by atoms with Gasteiger partial charge in [-0.05, 0) is 38.0 Å². The van der Waals surface area contributed by atoms with Crippen molar-refractivity contribution in [3.05, 3.63) is 45.2 Å². The Morgan fingerprint density at radius 3 is 2.54 bits per heavy atom. The standard InChI is InChI=1S/C16H21Cl2N3O2S/c1-4-5-8-24(22,23)20-16-11(2)19-21(12(16)3)10-13-6-7-14(17)15(18)9-13/h6-7,9,20H,4-5,8,10H2,1-3H3. The van der Waals surface area contributed by atoms with Gasteiger partial charge in [0.05, 0.1) is 39.4 Å². The van der Waals surface area contributed by atoms with E-state index in [1.54, 1.807) is 23.7 Å². The fraction of sp³-hybridized carbons (Fsp3) is 0.438. The van der Waals surface area contributed by atoms with Crippen LogP contribution in [-0.2, 0) is 16.6 Å². The Labute approximate surface area is 153 Å². The van der Waals surface area contributed by atoms with Gasteiger partial charge in [0, 0.05) is 0 Å². The average molecular weight is 390 g/mol. The molecular weight excluding hydrogens is 369 g/mol. The van der Waals surface area contributed by atoms with Crippen LogP contribution in [0.1, 0.15) is 36.7 Å². The van der Waals surface area contributed by atoms with Gasteiger partial charge in [-0.2, -0.15) is 5.10 Å². The highest BCUT2D eigenvalue weighted by molar-refractivity contribution is 7.92. The molecule has 1 aromatic carbocycles. The van der Waals surface area contributed by atoms with Crippen LogP contribution in [-0.4, -0.2) is 24.0 Å². The SMILES string of the molecule is CCCCS(=O)(=O)Nc1c(C)nn(Cc2ccc(Cl)c(Cl)c2)c1C. The van der Waals surface area contributed by atoms with Crippen LogP contribution in [0.5, 0.6) is 0 Å². The Hall–Kier alpha value is -1.24. The van der Waals surface area contributed by atoms with Gasteiger partial charge in [-0.15, -0.1) is 0 Å². The second-order valence-electron chi connectivity index (χ2n) is 5.73. The van der Waals surface area contributed by atoms with Crippen LogP contribution in [0.15, 0.2) is 18.2 Å². The van der Waals surface area contributed by atoms with E-state index < -0.39 is 10.0 Å². The summed E-state index contributed by atoms with van der Waals surface area (Å²) in [6.45, 7) is 6.08. The molecular formula is C16H21Cl2N3O2S. The van der Waals surface area contributed by atoms with Crippen molar-refractivity contribution in [3.63, 3.8) is 0 Å². The lowest BCUT2D eigenvalue weighted by Gasteiger charge is -2.09. The molecule has 132 valence electrons. The number of halogens is 2. The summed E-state index contributed by atoms with van der Waals surface area (Å²) in [6.07, 6.45) is 1.46. The molecule has 24 heavy (non-hydrogen) atoms. The van der Waals surface area contributed by atoms with E-state index in [0.29, 0.717) is 34.4 Å². The van der Waals surface area contributed by atoms with E-state index in [2.05, 4.69) is 9.82 Å². The number of benzene rings is 1. The van der Waals surface area contributed by atoms with Crippen molar-refractivity contribution in [1.29, 1.82) is 0 Å². The highest BCUT2D eigenvalue weighted by Gasteiger charge is 2.18. The van der Waals surface area contributed by atoms with E-state index in [1.807, 2.05) is 19.9 Å². The van der Waals surface area contributed by atoms with Crippen LogP contribution in [0.2, 0.25) is 10.0 Å². The van der Waals surface area contributed by atoms with Crippen molar-refractivity contribution in [2.45, 2.75) is 40.2 Å². The summed E-state index contributed by atoms with van der Waals surface area (Å²) < 4.78 is 28.7. The predicted molar refractivity (Wildman–Crippen MR) is 99.6 cm³/mol. The molecule has 0 atom stereocenters. The van der Waals surface area contributed by atoms with Crippen molar-refractivity contribution in [3.8, 4) is 0 Å². The first-order chi connectivity index (χ1) is 11.2. The Morgan fingerprint density at radius 2 is 1.92 bits per heavy atom. The molecule has 0 fully saturated rings. The third-order valence-corrected chi connectivity index (χ3v) is 5.80. The molecule has 1 N–H and O–H groups in total. The largest absolute Gasteiger partial charge is 0.280 e. The Bertz CT molecular complexity index is 832. The molecule has 0 unspecified atom stereocenters. The van der Waals surface area contributed by atoms with Crippen LogP contribution in [0.3, 0.4) is 0 Å². The van der Waals surface area contributed by atoms with E-state index in [9.17, 15) is 8.42 Å². The number of hydrogen-bond acceptors (Lipinski definition) is 3. The molecule has 0 aliphatic rings. The first kappa shape index (κ1) is 19.1. The highest BCUT2D eigenvalue weighted by atomic mass is 35.5. The van der Waals surface area contributed by atoms with Gasteiger partial charge in [-0.25, -0.2) is 8.42 Å². The summed E-state index contributed by atoms with van der Waals surface area (Å²) >= 11 is 12.0. The fourth-order valence-corrected chi connectivity index (χ4v) is 4.05. The molecule has 0 saturated carbocycles. The van der Waals surface area contributed by atoms with Crippen molar-refractivity contribution in [2.75, 3.05) is 10.5 Å².